The molecule has 0 aliphatic carbocycles. The zero-order valence-corrected chi connectivity index (χ0v) is 11.6. The van der Waals surface area contributed by atoms with E-state index in [-0.39, 0.29) is 6.61 Å². The summed E-state index contributed by atoms with van der Waals surface area (Å²) >= 11 is 0. The summed E-state index contributed by atoms with van der Waals surface area (Å²) in [4.78, 5) is 4.31. The zero-order chi connectivity index (χ0) is 14.7. The summed E-state index contributed by atoms with van der Waals surface area (Å²) in [5.41, 5.74) is 0.776. The molecule has 0 unspecified atom stereocenters. The quantitative estimate of drug-likeness (QED) is 0.795. The van der Waals surface area contributed by atoms with Crippen molar-refractivity contribution in [2.24, 2.45) is 0 Å². The fourth-order valence-corrected chi connectivity index (χ4v) is 2.24. The van der Waals surface area contributed by atoms with E-state index in [4.69, 9.17) is 9.47 Å². The van der Waals surface area contributed by atoms with Crippen molar-refractivity contribution in [1.29, 1.82) is 0 Å². The lowest BCUT2D eigenvalue weighted by Gasteiger charge is -2.12. The Morgan fingerprint density at radius 2 is 1.62 bits per heavy atom. The summed E-state index contributed by atoms with van der Waals surface area (Å²) in [6.45, 7) is -0.0531. The van der Waals surface area contributed by atoms with Crippen LogP contribution in [0.5, 0.6) is 17.4 Å². The van der Waals surface area contributed by atoms with E-state index in [0.29, 0.717) is 17.4 Å². The van der Waals surface area contributed by atoms with Crippen LogP contribution in [0.25, 0.3) is 10.8 Å². The molecule has 0 fully saturated rings. The molecule has 0 aliphatic heterocycles. The first-order chi connectivity index (χ1) is 10.3. The standard InChI is InChI=1S/C17H15NO3/c1-20-15-8-4-5-9-16(15)21-17-14-7-3-2-6-13(14)12(11-19)10-18-17/h2-10,19H,11H2,1H3. The third-order valence-corrected chi connectivity index (χ3v) is 3.29. The molecule has 0 bridgehead atoms. The van der Waals surface area contributed by atoms with Crippen molar-refractivity contribution in [2.45, 2.75) is 6.61 Å². The van der Waals surface area contributed by atoms with E-state index in [0.717, 1.165) is 16.3 Å². The number of aliphatic hydroxyl groups excluding tert-OH is 1. The Morgan fingerprint density at radius 3 is 2.33 bits per heavy atom. The number of aromatic nitrogens is 1. The second-order valence-corrected chi connectivity index (χ2v) is 4.55. The van der Waals surface area contributed by atoms with Gasteiger partial charge >= 0.3 is 0 Å². The number of nitrogens with zero attached hydrogens (tertiary/aromatic N) is 1. The Kier molecular flexibility index (Phi) is 3.71. The van der Waals surface area contributed by atoms with Gasteiger partial charge in [0.2, 0.25) is 5.88 Å². The van der Waals surface area contributed by atoms with Gasteiger partial charge in [-0.2, -0.15) is 0 Å². The van der Waals surface area contributed by atoms with Crippen molar-refractivity contribution in [2.75, 3.05) is 7.11 Å². The number of fused-ring (bicyclic) bond motifs is 1. The summed E-state index contributed by atoms with van der Waals surface area (Å²) in [6, 6.07) is 15.1. The minimum absolute atomic E-state index is 0.0531. The summed E-state index contributed by atoms with van der Waals surface area (Å²) in [5.74, 6) is 1.75. The molecular weight excluding hydrogens is 266 g/mol. The van der Waals surface area contributed by atoms with Crippen LogP contribution in [0, 0.1) is 0 Å². The molecule has 0 amide bonds. The van der Waals surface area contributed by atoms with Gasteiger partial charge in [0, 0.05) is 17.1 Å². The number of rotatable bonds is 4. The molecular formula is C17H15NO3. The van der Waals surface area contributed by atoms with E-state index in [1.54, 1.807) is 13.3 Å². The molecule has 2 aromatic carbocycles. The topological polar surface area (TPSA) is 51.6 Å². The highest BCUT2D eigenvalue weighted by atomic mass is 16.5. The molecule has 0 atom stereocenters. The highest BCUT2D eigenvalue weighted by Gasteiger charge is 2.11. The van der Waals surface area contributed by atoms with Crippen LogP contribution in [0.15, 0.2) is 54.7 Å². The van der Waals surface area contributed by atoms with Crippen LogP contribution in [0.4, 0.5) is 0 Å². The molecule has 3 rings (SSSR count). The SMILES string of the molecule is COc1ccccc1Oc1ncc(CO)c2ccccc12. The largest absolute Gasteiger partial charge is 0.493 e. The van der Waals surface area contributed by atoms with Gasteiger partial charge in [0.25, 0.3) is 0 Å². The predicted molar refractivity (Wildman–Crippen MR) is 80.7 cm³/mol. The first kappa shape index (κ1) is 13.4. The lowest BCUT2D eigenvalue weighted by Crippen LogP contribution is -1.95. The van der Waals surface area contributed by atoms with Gasteiger partial charge in [-0.15, -0.1) is 0 Å². The molecule has 4 nitrogen and oxygen atoms in total. The average molecular weight is 281 g/mol. The van der Waals surface area contributed by atoms with Crippen molar-refractivity contribution in [3.8, 4) is 17.4 Å². The van der Waals surface area contributed by atoms with E-state index in [9.17, 15) is 5.11 Å². The van der Waals surface area contributed by atoms with Gasteiger partial charge in [0.1, 0.15) is 0 Å². The number of pyridine rings is 1. The third kappa shape index (κ3) is 2.53. The lowest BCUT2D eigenvalue weighted by atomic mass is 10.1. The van der Waals surface area contributed by atoms with Crippen LogP contribution < -0.4 is 9.47 Å². The van der Waals surface area contributed by atoms with Gasteiger partial charge in [0.05, 0.1) is 13.7 Å². The molecule has 0 saturated carbocycles. The number of para-hydroxylation sites is 2. The Bertz CT molecular complexity index is 771. The molecule has 21 heavy (non-hydrogen) atoms. The van der Waals surface area contributed by atoms with Crippen molar-refractivity contribution in [3.05, 3.63) is 60.3 Å². The Labute approximate surface area is 122 Å². The van der Waals surface area contributed by atoms with Gasteiger partial charge in [0.15, 0.2) is 11.5 Å². The van der Waals surface area contributed by atoms with E-state index in [1.165, 1.54) is 0 Å². The average Bonchev–Trinajstić information content (AvgIpc) is 2.55. The minimum atomic E-state index is -0.0531. The lowest BCUT2D eigenvalue weighted by molar-refractivity contribution is 0.282. The van der Waals surface area contributed by atoms with Crippen LogP contribution in [0.2, 0.25) is 0 Å². The molecule has 0 saturated heterocycles. The van der Waals surface area contributed by atoms with Crippen LogP contribution in [0.1, 0.15) is 5.56 Å². The summed E-state index contributed by atoms with van der Waals surface area (Å²) in [6.07, 6.45) is 1.63. The minimum Gasteiger partial charge on any atom is -0.493 e. The number of aliphatic hydroxyl groups is 1. The van der Waals surface area contributed by atoms with E-state index in [2.05, 4.69) is 4.98 Å². The monoisotopic (exact) mass is 281 g/mol. The number of ether oxygens (including phenoxy) is 2. The Balaban J connectivity index is 2.09. The molecule has 1 aromatic heterocycles. The summed E-state index contributed by atoms with van der Waals surface area (Å²) < 4.78 is 11.2. The molecule has 0 radical (unpaired) electrons. The van der Waals surface area contributed by atoms with Gasteiger partial charge in [-0.05, 0) is 23.6 Å². The zero-order valence-electron chi connectivity index (χ0n) is 11.6. The van der Waals surface area contributed by atoms with Crippen molar-refractivity contribution in [3.63, 3.8) is 0 Å². The van der Waals surface area contributed by atoms with Crippen molar-refractivity contribution < 1.29 is 14.6 Å². The van der Waals surface area contributed by atoms with E-state index < -0.39 is 0 Å². The molecule has 4 heteroatoms. The van der Waals surface area contributed by atoms with Crippen LogP contribution >= 0.6 is 0 Å². The van der Waals surface area contributed by atoms with Gasteiger partial charge in [-0.3, -0.25) is 0 Å². The maximum Gasteiger partial charge on any atom is 0.227 e. The van der Waals surface area contributed by atoms with E-state index >= 15 is 0 Å². The number of methoxy groups -OCH3 is 1. The fraction of sp³-hybridized carbons (Fsp3) is 0.118. The summed E-state index contributed by atoms with van der Waals surface area (Å²) in [5, 5.41) is 11.2. The maximum absolute atomic E-state index is 9.40. The highest BCUT2D eigenvalue weighted by molar-refractivity contribution is 5.89. The normalized spacial score (nSPS) is 10.6. The first-order valence-electron chi connectivity index (χ1n) is 6.62. The predicted octanol–water partition coefficient (Wildman–Crippen LogP) is 3.53. The number of hydrogen-bond donors (Lipinski definition) is 1. The van der Waals surface area contributed by atoms with Gasteiger partial charge in [-0.1, -0.05) is 30.3 Å². The van der Waals surface area contributed by atoms with Crippen LogP contribution in [0.3, 0.4) is 0 Å². The van der Waals surface area contributed by atoms with Crippen molar-refractivity contribution in [1.82, 2.24) is 4.98 Å². The van der Waals surface area contributed by atoms with Crippen LogP contribution in [-0.2, 0) is 6.61 Å². The van der Waals surface area contributed by atoms with Gasteiger partial charge < -0.3 is 14.6 Å². The second kappa shape index (κ2) is 5.81. The molecule has 3 aromatic rings. The second-order valence-electron chi connectivity index (χ2n) is 4.55. The van der Waals surface area contributed by atoms with Crippen LogP contribution in [-0.4, -0.2) is 17.2 Å². The number of benzene rings is 2. The van der Waals surface area contributed by atoms with Gasteiger partial charge in [-0.25, -0.2) is 4.98 Å². The molecule has 0 aliphatic rings. The molecule has 106 valence electrons. The molecule has 0 spiro atoms. The highest BCUT2D eigenvalue weighted by Crippen LogP contribution is 2.34. The first-order valence-corrected chi connectivity index (χ1v) is 6.62. The third-order valence-electron chi connectivity index (χ3n) is 3.29. The molecule has 1 N–H and O–H groups in total. The summed E-state index contributed by atoms with van der Waals surface area (Å²) in [7, 11) is 1.60. The number of hydrogen-bond acceptors (Lipinski definition) is 4. The Morgan fingerprint density at radius 1 is 0.952 bits per heavy atom. The smallest absolute Gasteiger partial charge is 0.227 e. The molecule has 1 heterocycles. The fourth-order valence-electron chi connectivity index (χ4n) is 2.24. The maximum atomic E-state index is 9.40. The van der Waals surface area contributed by atoms with E-state index in [1.807, 2.05) is 48.5 Å². The van der Waals surface area contributed by atoms with Crippen molar-refractivity contribution >= 4 is 10.8 Å². The Hall–Kier alpha value is -2.59.